The lowest BCUT2D eigenvalue weighted by Gasteiger charge is -2.30. The summed E-state index contributed by atoms with van der Waals surface area (Å²) in [5, 5.41) is 8.19. The number of nitrogens with zero attached hydrogens (tertiary/aromatic N) is 2. The van der Waals surface area contributed by atoms with E-state index in [0.717, 1.165) is 5.56 Å². The van der Waals surface area contributed by atoms with E-state index in [1.807, 2.05) is 30.3 Å². The molecular formula is C27H39N7O5. The average molecular weight is 542 g/mol. The minimum absolute atomic E-state index is 0.0886. The number of guanidine groups is 1. The molecule has 1 aromatic rings. The summed E-state index contributed by atoms with van der Waals surface area (Å²) >= 11 is 0. The molecule has 39 heavy (non-hydrogen) atoms. The molecule has 2 heterocycles. The predicted octanol–water partition coefficient (Wildman–Crippen LogP) is -0.497. The van der Waals surface area contributed by atoms with E-state index in [4.69, 9.17) is 11.5 Å². The van der Waals surface area contributed by atoms with Crippen molar-refractivity contribution in [1.29, 1.82) is 0 Å². The molecule has 2 aliphatic heterocycles. The number of benzene rings is 1. The molecule has 0 radical (unpaired) electrons. The van der Waals surface area contributed by atoms with Crippen molar-refractivity contribution >= 4 is 35.4 Å². The Kier molecular flexibility index (Phi) is 11.3. The molecule has 0 saturated carbocycles. The van der Waals surface area contributed by atoms with Crippen molar-refractivity contribution in [3.8, 4) is 0 Å². The normalized spacial score (nSPS) is 23.7. The molecule has 0 spiro atoms. The van der Waals surface area contributed by atoms with Gasteiger partial charge >= 0.3 is 0 Å². The average Bonchev–Trinajstić information content (AvgIpc) is 3.41. The van der Waals surface area contributed by atoms with Crippen LogP contribution in [0.3, 0.4) is 0 Å². The van der Waals surface area contributed by atoms with Crippen molar-refractivity contribution < 1.29 is 24.0 Å². The summed E-state index contributed by atoms with van der Waals surface area (Å²) in [6.45, 7) is 0.854. The Morgan fingerprint density at radius 1 is 0.949 bits per heavy atom. The van der Waals surface area contributed by atoms with E-state index in [2.05, 4.69) is 20.9 Å². The van der Waals surface area contributed by atoms with Gasteiger partial charge in [-0.15, -0.1) is 0 Å². The number of nitrogens with two attached hydrogens (primary N) is 2. The second-order valence-corrected chi connectivity index (χ2v) is 9.94. The maximum atomic E-state index is 13.7. The van der Waals surface area contributed by atoms with Crippen molar-refractivity contribution in [2.24, 2.45) is 16.5 Å². The summed E-state index contributed by atoms with van der Waals surface area (Å²) in [5.74, 6) is -2.73. The Morgan fingerprint density at radius 3 is 2.46 bits per heavy atom. The fourth-order valence-corrected chi connectivity index (χ4v) is 4.89. The van der Waals surface area contributed by atoms with Crippen LogP contribution < -0.4 is 27.4 Å². The molecule has 4 amide bonds. The summed E-state index contributed by atoms with van der Waals surface area (Å²) in [7, 11) is 0. The maximum Gasteiger partial charge on any atom is 0.289 e. The van der Waals surface area contributed by atoms with Crippen LogP contribution in [0, 0.1) is 0 Å². The number of amides is 4. The van der Waals surface area contributed by atoms with Crippen molar-refractivity contribution in [2.75, 3.05) is 19.6 Å². The summed E-state index contributed by atoms with van der Waals surface area (Å²) < 4.78 is 0. The highest BCUT2D eigenvalue weighted by atomic mass is 16.2. The number of nitrogens with one attached hydrogen (secondary N) is 3. The minimum Gasteiger partial charge on any atom is -0.370 e. The lowest BCUT2D eigenvalue weighted by Crippen LogP contribution is -2.56. The highest BCUT2D eigenvalue weighted by molar-refractivity contribution is 6.38. The first-order chi connectivity index (χ1) is 18.8. The van der Waals surface area contributed by atoms with E-state index >= 15 is 0 Å². The van der Waals surface area contributed by atoms with Crippen molar-refractivity contribution in [3.63, 3.8) is 0 Å². The number of hydrogen-bond donors (Lipinski definition) is 5. The summed E-state index contributed by atoms with van der Waals surface area (Å²) in [5.41, 5.74) is 11.6. The molecule has 0 unspecified atom stereocenters. The first-order valence-electron chi connectivity index (χ1n) is 13.6. The van der Waals surface area contributed by atoms with Gasteiger partial charge in [-0.25, -0.2) is 0 Å². The lowest BCUT2D eigenvalue weighted by molar-refractivity contribution is -0.143. The zero-order valence-corrected chi connectivity index (χ0v) is 22.2. The zero-order valence-electron chi connectivity index (χ0n) is 22.2. The lowest BCUT2D eigenvalue weighted by atomic mass is 10.0. The van der Waals surface area contributed by atoms with E-state index in [0.29, 0.717) is 51.5 Å². The monoisotopic (exact) mass is 541 g/mol. The van der Waals surface area contributed by atoms with E-state index in [9.17, 15) is 24.0 Å². The molecule has 0 bridgehead atoms. The number of aliphatic imine (C=N–C) groups is 1. The molecule has 212 valence electrons. The van der Waals surface area contributed by atoms with Gasteiger partial charge in [0.15, 0.2) is 5.96 Å². The molecule has 2 saturated heterocycles. The minimum atomic E-state index is -1.08. The van der Waals surface area contributed by atoms with Gasteiger partial charge in [0.25, 0.3) is 5.91 Å². The molecule has 12 nitrogen and oxygen atoms in total. The van der Waals surface area contributed by atoms with Crippen LogP contribution in [0.1, 0.15) is 56.9 Å². The largest absolute Gasteiger partial charge is 0.370 e. The summed E-state index contributed by atoms with van der Waals surface area (Å²) in [6.07, 6.45) is 3.85. The topological polar surface area (TPSA) is 189 Å². The van der Waals surface area contributed by atoms with Crippen LogP contribution in [0.25, 0.3) is 0 Å². The van der Waals surface area contributed by atoms with Gasteiger partial charge in [0.1, 0.15) is 12.1 Å². The molecule has 3 atom stereocenters. The molecule has 0 aliphatic carbocycles. The molecule has 2 fully saturated rings. The number of fused-ring (bicyclic) bond motifs is 1. The van der Waals surface area contributed by atoms with Crippen LogP contribution in [0.5, 0.6) is 0 Å². The van der Waals surface area contributed by atoms with Crippen LogP contribution >= 0.6 is 0 Å². The molecule has 0 aromatic heterocycles. The molecule has 1 aromatic carbocycles. The molecule has 12 heteroatoms. The van der Waals surface area contributed by atoms with Gasteiger partial charge in [0.2, 0.25) is 23.5 Å². The van der Waals surface area contributed by atoms with E-state index in [1.165, 1.54) is 4.90 Å². The molecule has 3 rings (SSSR count). The Labute approximate surface area is 228 Å². The molecule has 2 aliphatic rings. The Bertz CT molecular complexity index is 1060. The van der Waals surface area contributed by atoms with Gasteiger partial charge in [-0.1, -0.05) is 36.8 Å². The van der Waals surface area contributed by atoms with Gasteiger partial charge in [0, 0.05) is 32.5 Å². The Morgan fingerprint density at radius 2 is 1.72 bits per heavy atom. The van der Waals surface area contributed by atoms with Crippen molar-refractivity contribution in [2.45, 2.75) is 75.9 Å². The second-order valence-electron chi connectivity index (χ2n) is 9.94. The van der Waals surface area contributed by atoms with Crippen LogP contribution in [-0.2, 0) is 30.4 Å². The second kappa shape index (κ2) is 14.8. The first kappa shape index (κ1) is 29.6. The molecular weight excluding hydrogens is 502 g/mol. The van der Waals surface area contributed by atoms with Crippen molar-refractivity contribution in [1.82, 2.24) is 20.9 Å². The smallest absolute Gasteiger partial charge is 0.289 e. The van der Waals surface area contributed by atoms with Gasteiger partial charge in [-0.05, 0) is 44.1 Å². The SMILES string of the molecule is NC(N)=NCCC[C@H]1NC(=O)[C@H]2CCCN2C(=O)[C@H](Cc2ccccc2)NC(=O)CCCCCNC(=O)C1=O. The van der Waals surface area contributed by atoms with E-state index in [-0.39, 0.29) is 43.7 Å². The number of rotatable bonds is 6. The maximum absolute atomic E-state index is 13.7. The van der Waals surface area contributed by atoms with Crippen LogP contribution in [0.2, 0.25) is 0 Å². The van der Waals surface area contributed by atoms with Crippen molar-refractivity contribution in [3.05, 3.63) is 35.9 Å². The van der Waals surface area contributed by atoms with Gasteiger partial charge in [-0.2, -0.15) is 0 Å². The third kappa shape index (κ3) is 9.08. The summed E-state index contributed by atoms with van der Waals surface area (Å²) in [4.78, 5) is 70.7. The number of hydrogen-bond acceptors (Lipinski definition) is 6. The zero-order chi connectivity index (χ0) is 28.2. The Balaban J connectivity index is 1.83. The van der Waals surface area contributed by atoms with Gasteiger partial charge < -0.3 is 32.3 Å². The first-order valence-corrected chi connectivity index (χ1v) is 13.6. The highest BCUT2D eigenvalue weighted by Gasteiger charge is 2.39. The van der Waals surface area contributed by atoms with Crippen LogP contribution in [0.4, 0.5) is 0 Å². The third-order valence-corrected chi connectivity index (χ3v) is 6.92. The van der Waals surface area contributed by atoms with Crippen LogP contribution in [-0.4, -0.2) is 78.0 Å². The van der Waals surface area contributed by atoms with E-state index in [1.54, 1.807) is 0 Å². The standard InChI is InChI=1S/C27H39N7O5/c28-27(29)31-15-7-11-19-23(36)25(38)30-14-6-2-5-13-22(35)32-20(17-18-9-3-1-4-10-18)26(39)34-16-8-12-21(34)24(37)33-19/h1,3-4,9-10,19-21H,2,5-8,11-17H2,(H,30,38)(H,32,35)(H,33,37)(H4,28,29,31)/t19-,20+,21-/m1/s1. The highest BCUT2D eigenvalue weighted by Crippen LogP contribution is 2.20. The van der Waals surface area contributed by atoms with Gasteiger partial charge in [-0.3, -0.25) is 29.0 Å². The number of carbonyl (C=O) groups is 5. The van der Waals surface area contributed by atoms with Crippen LogP contribution in [0.15, 0.2) is 35.3 Å². The van der Waals surface area contributed by atoms with E-state index < -0.39 is 35.7 Å². The molecule has 7 N–H and O–H groups in total. The third-order valence-electron chi connectivity index (χ3n) is 6.92. The number of Topliss-reactive ketones (excluding diaryl/α,β-unsaturated/α-hetero) is 1. The number of ketones is 1. The fourth-order valence-electron chi connectivity index (χ4n) is 4.89. The fraction of sp³-hybridized carbons (Fsp3) is 0.556. The summed E-state index contributed by atoms with van der Waals surface area (Å²) in [6, 6.07) is 6.65. The Hall–Kier alpha value is -3.96. The predicted molar refractivity (Wildman–Crippen MR) is 145 cm³/mol. The quantitative estimate of drug-likeness (QED) is 0.139. The van der Waals surface area contributed by atoms with Gasteiger partial charge in [0.05, 0.1) is 6.04 Å². The number of carbonyl (C=O) groups excluding carboxylic acids is 5.